The van der Waals surface area contributed by atoms with Crippen LogP contribution in [0.15, 0.2) is 79.0 Å². The first-order valence-electron chi connectivity index (χ1n) is 8.82. The third-order valence-corrected chi connectivity index (χ3v) is 4.81. The molecular weight excluding hydrogens is 318 g/mol. The van der Waals surface area contributed by atoms with E-state index in [-0.39, 0.29) is 0 Å². The molecule has 3 heteroatoms. The van der Waals surface area contributed by atoms with Crippen molar-refractivity contribution in [2.45, 2.75) is 13.8 Å². The number of aromatic nitrogens is 3. The quantitative estimate of drug-likeness (QED) is 0.498. The smallest absolute Gasteiger partial charge is 0.151 e. The number of nitrogens with zero attached hydrogens (tertiary/aromatic N) is 3. The Morgan fingerprint density at radius 2 is 1.35 bits per heavy atom. The van der Waals surface area contributed by atoms with Crippen LogP contribution in [0.2, 0.25) is 0 Å². The molecule has 3 nitrogen and oxygen atoms in total. The van der Waals surface area contributed by atoms with Crippen molar-refractivity contribution in [3.63, 3.8) is 0 Å². The summed E-state index contributed by atoms with van der Waals surface area (Å²) in [5, 5.41) is 4.60. The first kappa shape index (κ1) is 16.3. The van der Waals surface area contributed by atoms with Gasteiger partial charge in [-0.2, -0.15) is 4.68 Å². The van der Waals surface area contributed by atoms with Gasteiger partial charge in [0.05, 0.1) is 0 Å². The molecule has 0 aliphatic rings. The van der Waals surface area contributed by atoms with E-state index in [2.05, 4.69) is 85.3 Å². The van der Waals surface area contributed by atoms with Crippen LogP contribution in [0.1, 0.15) is 11.1 Å². The molecule has 0 atom stereocenters. The number of hydrogen-bond acceptors (Lipinski definition) is 1. The third-order valence-electron chi connectivity index (χ3n) is 4.81. The Morgan fingerprint density at radius 3 is 1.96 bits per heavy atom. The van der Waals surface area contributed by atoms with Crippen LogP contribution in [0.4, 0.5) is 0 Å². The highest BCUT2D eigenvalue weighted by Crippen LogP contribution is 2.30. The molecule has 0 N–H and O–H groups in total. The van der Waals surface area contributed by atoms with Gasteiger partial charge in [0.1, 0.15) is 12.7 Å². The minimum Gasteiger partial charge on any atom is -0.151 e. The van der Waals surface area contributed by atoms with Crippen LogP contribution in [0.3, 0.4) is 0 Å². The maximum absolute atomic E-state index is 4.60. The normalized spacial score (nSPS) is 10.9. The molecule has 0 fully saturated rings. The minimum absolute atomic E-state index is 1.05. The molecule has 26 heavy (non-hydrogen) atoms. The summed E-state index contributed by atoms with van der Waals surface area (Å²) in [6.45, 7) is 4.35. The fourth-order valence-corrected chi connectivity index (χ4v) is 3.56. The second-order valence-corrected chi connectivity index (χ2v) is 6.63. The maximum atomic E-state index is 4.60. The number of benzene rings is 3. The zero-order chi connectivity index (χ0) is 18.1. The molecule has 3 aromatic carbocycles. The van der Waals surface area contributed by atoms with Crippen molar-refractivity contribution < 1.29 is 4.68 Å². The molecule has 128 valence electrons. The predicted molar refractivity (Wildman–Crippen MR) is 105 cm³/mol. The molecule has 1 aromatic heterocycles. The van der Waals surface area contributed by atoms with Crippen molar-refractivity contribution in [2.24, 2.45) is 7.05 Å². The Balaban J connectivity index is 1.81. The molecule has 0 bridgehead atoms. The van der Waals surface area contributed by atoms with Crippen LogP contribution < -0.4 is 4.68 Å². The van der Waals surface area contributed by atoms with E-state index in [9.17, 15) is 0 Å². The average molecular weight is 340 g/mol. The van der Waals surface area contributed by atoms with Crippen molar-refractivity contribution in [2.75, 3.05) is 0 Å². The minimum atomic E-state index is 1.05. The second kappa shape index (κ2) is 6.60. The zero-order valence-corrected chi connectivity index (χ0v) is 15.3. The predicted octanol–water partition coefficient (Wildman–Crippen LogP) is 4.65. The summed E-state index contributed by atoms with van der Waals surface area (Å²) in [5.74, 6) is 0. The highest BCUT2D eigenvalue weighted by Gasteiger charge is 2.21. The lowest BCUT2D eigenvalue weighted by Crippen LogP contribution is -2.40. The van der Waals surface area contributed by atoms with Crippen LogP contribution in [-0.2, 0) is 7.05 Å². The standard InChI is InChI=1S/C23H22N3/c1-17-14-20(19-10-6-4-7-11-19)15-18(2)23(17)22-16-24-26(25(22)3)21-12-8-5-9-13-21/h4-16H,1-3H3/q+1. The van der Waals surface area contributed by atoms with Gasteiger partial charge in [-0.3, -0.25) is 0 Å². The van der Waals surface area contributed by atoms with Gasteiger partial charge in [-0.25, -0.2) is 0 Å². The number of para-hydroxylation sites is 1. The van der Waals surface area contributed by atoms with E-state index in [4.69, 9.17) is 0 Å². The Bertz CT molecular complexity index is 1020. The lowest BCUT2D eigenvalue weighted by atomic mass is 9.94. The fraction of sp³-hybridized carbons (Fsp3) is 0.130. The molecule has 0 aliphatic carbocycles. The molecule has 0 aliphatic heterocycles. The van der Waals surface area contributed by atoms with Gasteiger partial charge in [0, 0.05) is 10.7 Å². The van der Waals surface area contributed by atoms with Gasteiger partial charge in [0.2, 0.25) is 11.9 Å². The Kier molecular flexibility index (Phi) is 4.13. The number of aryl methyl sites for hydroxylation is 2. The van der Waals surface area contributed by atoms with Crippen LogP contribution in [-0.4, -0.2) is 9.90 Å². The van der Waals surface area contributed by atoms with E-state index in [1.165, 1.54) is 27.8 Å². The Morgan fingerprint density at radius 1 is 0.769 bits per heavy atom. The maximum Gasteiger partial charge on any atom is 0.214 e. The first-order chi connectivity index (χ1) is 12.6. The van der Waals surface area contributed by atoms with Crippen LogP contribution in [0.5, 0.6) is 0 Å². The van der Waals surface area contributed by atoms with Gasteiger partial charge < -0.3 is 0 Å². The van der Waals surface area contributed by atoms with Crippen molar-refractivity contribution in [1.82, 2.24) is 9.90 Å². The lowest BCUT2D eigenvalue weighted by Gasteiger charge is -2.11. The molecule has 0 saturated carbocycles. The molecule has 1 heterocycles. The first-order valence-corrected chi connectivity index (χ1v) is 8.82. The van der Waals surface area contributed by atoms with Gasteiger partial charge in [-0.05, 0) is 53.0 Å². The van der Waals surface area contributed by atoms with Gasteiger partial charge in [0.15, 0.2) is 0 Å². The largest absolute Gasteiger partial charge is 0.214 e. The van der Waals surface area contributed by atoms with Crippen LogP contribution >= 0.6 is 0 Å². The third kappa shape index (κ3) is 2.82. The van der Waals surface area contributed by atoms with E-state index in [1.54, 1.807) is 0 Å². The number of rotatable bonds is 3. The summed E-state index contributed by atoms with van der Waals surface area (Å²) in [6, 6.07) is 25.3. The highest BCUT2D eigenvalue weighted by atomic mass is 15.5. The molecule has 4 rings (SSSR count). The van der Waals surface area contributed by atoms with E-state index in [1.807, 2.05) is 29.2 Å². The molecule has 0 radical (unpaired) electrons. The molecule has 0 saturated heterocycles. The molecule has 4 aromatic rings. The fourth-order valence-electron chi connectivity index (χ4n) is 3.56. The summed E-state index contributed by atoms with van der Waals surface area (Å²) in [6.07, 6.45) is 1.95. The van der Waals surface area contributed by atoms with Gasteiger partial charge in [-0.1, -0.05) is 60.7 Å². The van der Waals surface area contributed by atoms with Crippen LogP contribution in [0.25, 0.3) is 28.1 Å². The van der Waals surface area contributed by atoms with Gasteiger partial charge in [0.25, 0.3) is 0 Å². The highest BCUT2D eigenvalue weighted by molar-refractivity contribution is 5.73. The summed E-state index contributed by atoms with van der Waals surface area (Å²) in [7, 11) is 2.05. The average Bonchev–Trinajstić information content (AvgIpc) is 3.04. The molecule has 0 unspecified atom stereocenters. The van der Waals surface area contributed by atoms with Gasteiger partial charge >= 0.3 is 0 Å². The molecule has 0 spiro atoms. The van der Waals surface area contributed by atoms with Crippen molar-refractivity contribution in [3.05, 3.63) is 90.1 Å². The zero-order valence-electron chi connectivity index (χ0n) is 15.3. The topological polar surface area (TPSA) is 21.7 Å². The number of hydrogen-bond donors (Lipinski definition) is 0. The molecular formula is C23H22N3+. The van der Waals surface area contributed by atoms with E-state index >= 15 is 0 Å². The van der Waals surface area contributed by atoms with Crippen molar-refractivity contribution in [3.8, 4) is 28.1 Å². The van der Waals surface area contributed by atoms with Gasteiger partial charge in [-0.15, -0.1) is 0 Å². The molecule has 0 amide bonds. The van der Waals surface area contributed by atoms with Crippen LogP contribution in [0, 0.1) is 13.8 Å². The monoisotopic (exact) mass is 340 g/mol. The second-order valence-electron chi connectivity index (χ2n) is 6.63. The summed E-state index contributed by atoms with van der Waals surface area (Å²) in [4.78, 5) is 1.93. The Hall–Kier alpha value is -3.20. The summed E-state index contributed by atoms with van der Waals surface area (Å²) >= 11 is 0. The summed E-state index contributed by atoms with van der Waals surface area (Å²) in [5.41, 5.74) is 8.42. The van der Waals surface area contributed by atoms with E-state index in [0.717, 1.165) is 11.4 Å². The summed E-state index contributed by atoms with van der Waals surface area (Å²) < 4.78 is 2.10. The van der Waals surface area contributed by atoms with E-state index in [0.29, 0.717) is 0 Å². The Labute approximate surface area is 154 Å². The lowest BCUT2D eigenvalue weighted by molar-refractivity contribution is -0.738. The SMILES string of the molecule is Cc1cc(-c2ccccc2)cc(C)c1-c1cnn(-c2ccccc2)[n+]1C. The van der Waals surface area contributed by atoms with Crippen molar-refractivity contribution >= 4 is 0 Å². The van der Waals surface area contributed by atoms with Crippen molar-refractivity contribution in [1.29, 1.82) is 0 Å². The van der Waals surface area contributed by atoms with E-state index < -0.39 is 0 Å².